The van der Waals surface area contributed by atoms with E-state index in [0.29, 0.717) is 5.70 Å². The number of allylic oxidation sites excluding steroid dienone is 1. The van der Waals surface area contributed by atoms with E-state index in [1.807, 2.05) is 0 Å². The topological polar surface area (TPSA) is 99.0 Å². The average Bonchev–Trinajstić information content (AvgIpc) is 2.84. The number of rotatable bonds is 7. The van der Waals surface area contributed by atoms with Gasteiger partial charge in [-0.1, -0.05) is 12.1 Å². The third-order valence-corrected chi connectivity index (χ3v) is 3.94. The summed E-state index contributed by atoms with van der Waals surface area (Å²) < 4.78 is 10.1. The summed E-state index contributed by atoms with van der Waals surface area (Å²) in [7, 11) is 1.51. The van der Waals surface area contributed by atoms with Crippen molar-refractivity contribution in [3.63, 3.8) is 0 Å². The van der Waals surface area contributed by atoms with Gasteiger partial charge in [0.25, 0.3) is 11.6 Å². The van der Waals surface area contributed by atoms with Crippen molar-refractivity contribution in [3.05, 3.63) is 56.8 Å². The van der Waals surface area contributed by atoms with Crippen LogP contribution >= 0.6 is 0 Å². The van der Waals surface area contributed by atoms with Crippen molar-refractivity contribution in [2.45, 2.75) is 13.8 Å². The second-order valence-corrected chi connectivity index (χ2v) is 5.50. The van der Waals surface area contributed by atoms with E-state index in [1.165, 1.54) is 36.3 Å². The number of nitro groups is 1. The quantitative estimate of drug-likeness (QED) is 0.320. The molecule has 0 aliphatic carbocycles. The lowest BCUT2D eigenvalue weighted by Crippen LogP contribution is -2.28. The van der Waals surface area contributed by atoms with Crippen molar-refractivity contribution < 1.29 is 24.0 Å². The van der Waals surface area contributed by atoms with Crippen LogP contribution in [-0.2, 0) is 19.1 Å². The lowest BCUT2D eigenvalue weighted by Gasteiger charge is -2.16. The highest BCUT2D eigenvalue weighted by atomic mass is 16.6. The molecule has 0 unspecified atom stereocenters. The van der Waals surface area contributed by atoms with Gasteiger partial charge < -0.3 is 14.4 Å². The van der Waals surface area contributed by atoms with Crippen LogP contribution in [0.2, 0.25) is 0 Å². The van der Waals surface area contributed by atoms with E-state index in [4.69, 9.17) is 9.47 Å². The zero-order valence-corrected chi connectivity index (χ0v) is 14.9. The van der Waals surface area contributed by atoms with Crippen LogP contribution in [0.5, 0.6) is 0 Å². The Balaban J connectivity index is 2.56. The molecule has 0 radical (unpaired) electrons. The summed E-state index contributed by atoms with van der Waals surface area (Å²) >= 11 is 0. The second kappa shape index (κ2) is 8.39. The first-order valence-corrected chi connectivity index (χ1v) is 8.06. The van der Waals surface area contributed by atoms with Crippen LogP contribution < -0.4 is 0 Å². The fraction of sp³-hybridized carbons (Fsp3) is 0.333. The van der Waals surface area contributed by atoms with Gasteiger partial charge in [-0.05, 0) is 26.0 Å². The summed E-state index contributed by atoms with van der Waals surface area (Å²) in [5.41, 5.74) is 0.723. The minimum Gasteiger partial charge on any atom is -0.462 e. The predicted molar refractivity (Wildman–Crippen MR) is 94.0 cm³/mol. The zero-order chi connectivity index (χ0) is 19.3. The Hall–Kier alpha value is -3.00. The Morgan fingerprint density at radius 1 is 1.35 bits per heavy atom. The monoisotopic (exact) mass is 360 g/mol. The summed E-state index contributed by atoms with van der Waals surface area (Å²) in [5, 5.41) is 11.2. The molecular formula is C18H20N2O6. The number of ether oxygens (including phenoxy) is 2. The Bertz CT molecular complexity index is 797. The summed E-state index contributed by atoms with van der Waals surface area (Å²) in [6.45, 7) is 4.01. The van der Waals surface area contributed by atoms with Gasteiger partial charge in [-0.15, -0.1) is 0 Å². The van der Waals surface area contributed by atoms with Crippen LogP contribution in [0.3, 0.4) is 0 Å². The van der Waals surface area contributed by atoms with Gasteiger partial charge in [-0.3, -0.25) is 14.9 Å². The maximum atomic E-state index is 12.8. The number of carbonyl (C=O) groups excluding carboxylic acids is 2. The molecule has 0 atom stereocenters. The number of nitrogens with zero attached hydrogens (tertiary/aromatic N) is 2. The number of amides is 1. The standard InChI is InChI=1S/C18H20N2O6/c1-4-26-18(22)16-12(2)19(9-10-25-3)17(21)14(16)11-13-7-5-6-8-15(13)20(23)24/h5-8,11H,4,9-10H2,1-3H3/b14-11-. The summed E-state index contributed by atoms with van der Waals surface area (Å²) in [4.78, 5) is 37.3. The molecule has 1 amide bonds. The van der Waals surface area contributed by atoms with E-state index in [1.54, 1.807) is 19.9 Å². The van der Waals surface area contributed by atoms with Gasteiger partial charge in [0, 0.05) is 25.4 Å². The molecule has 138 valence electrons. The lowest BCUT2D eigenvalue weighted by molar-refractivity contribution is -0.385. The molecule has 1 aliphatic heterocycles. The van der Waals surface area contributed by atoms with E-state index in [9.17, 15) is 19.7 Å². The molecule has 1 aliphatic rings. The summed E-state index contributed by atoms with van der Waals surface area (Å²) in [6.07, 6.45) is 1.36. The molecule has 0 N–H and O–H groups in total. The minimum absolute atomic E-state index is 0.0753. The van der Waals surface area contributed by atoms with E-state index in [-0.39, 0.29) is 42.2 Å². The van der Waals surface area contributed by atoms with Gasteiger partial charge in [0.05, 0.1) is 34.8 Å². The SMILES string of the molecule is CCOC(=O)C1=C(C)N(CCOC)C(=O)/C1=C\c1ccccc1[N+](=O)[O-]. The van der Waals surface area contributed by atoms with E-state index >= 15 is 0 Å². The maximum Gasteiger partial charge on any atom is 0.340 e. The number of hydrogen-bond acceptors (Lipinski definition) is 6. The minimum atomic E-state index is -0.636. The van der Waals surface area contributed by atoms with Crippen LogP contribution in [0, 0.1) is 10.1 Å². The third-order valence-electron chi connectivity index (χ3n) is 3.94. The zero-order valence-electron chi connectivity index (χ0n) is 14.9. The number of carbonyl (C=O) groups is 2. The van der Waals surface area contributed by atoms with Crippen molar-refractivity contribution >= 4 is 23.6 Å². The largest absolute Gasteiger partial charge is 0.462 e. The molecule has 0 aromatic heterocycles. The molecule has 26 heavy (non-hydrogen) atoms. The van der Waals surface area contributed by atoms with E-state index < -0.39 is 16.8 Å². The fourth-order valence-electron chi connectivity index (χ4n) is 2.71. The number of benzene rings is 1. The van der Waals surface area contributed by atoms with Crippen LogP contribution in [0.15, 0.2) is 41.1 Å². The third kappa shape index (κ3) is 3.80. The molecule has 0 bridgehead atoms. The van der Waals surface area contributed by atoms with Gasteiger partial charge in [0.2, 0.25) is 0 Å². The average molecular weight is 360 g/mol. The van der Waals surface area contributed by atoms with Gasteiger partial charge in [-0.25, -0.2) is 4.79 Å². The van der Waals surface area contributed by atoms with Crippen LogP contribution in [-0.4, -0.2) is 48.6 Å². The molecule has 0 fully saturated rings. The molecular weight excluding hydrogens is 340 g/mol. The molecule has 1 aromatic rings. The molecule has 8 nitrogen and oxygen atoms in total. The molecule has 8 heteroatoms. The molecule has 1 aromatic carbocycles. The highest BCUT2D eigenvalue weighted by molar-refractivity contribution is 6.16. The molecule has 2 rings (SSSR count). The summed E-state index contributed by atoms with van der Waals surface area (Å²) in [5.74, 6) is -1.05. The number of methoxy groups -OCH3 is 1. The molecule has 0 spiro atoms. The first-order chi connectivity index (χ1) is 12.4. The highest BCUT2D eigenvalue weighted by Gasteiger charge is 2.37. The fourth-order valence-corrected chi connectivity index (χ4v) is 2.71. The number of nitro benzene ring substituents is 1. The van der Waals surface area contributed by atoms with Gasteiger partial charge in [0.1, 0.15) is 0 Å². The van der Waals surface area contributed by atoms with E-state index in [2.05, 4.69) is 0 Å². The predicted octanol–water partition coefficient (Wildman–Crippen LogP) is 2.30. The molecule has 0 saturated heterocycles. The Kier molecular flexibility index (Phi) is 6.24. The molecule has 1 heterocycles. The first-order valence-electron chi connectivity index (χ1n) is 8.06. The lowest BCUT2D eigenvalue weighted by atomic mass is 10.0. The smallest absolute Gasteiger partial charge is 0.340 e. The number of hydrogen-bond donors (Lipinski definition) is 0. The Labute approximate surface area is 150 Å². The Morgan fingerprint density at radius 3 is 2.65 bits per heavy atom. The normalized spacial score (nSPS) is 15.7. The van der Waals surface area contributed by atoms with Crippen LogP contribution in [0.4, 0.5) is 5.69 Å². The van der Waals surface area contributed by atoms with Crippen molar-refractivity contribution in [1.82, 2.24) is 4.90 Å². The van der Waals surface area contributed by atoms with Crippen molar-refractivity contribution in [3.8, 4) is 0 Å². The number of para-hydroxylation sites is 1. The Morgan fingerprint density at radius 2 is 2.04 bits per heavy atom. The first kappa shape index (κ1) is 19.3. The van der Waals surface area contributed by atoms with Crippen molar-refractivity contribution in [2.24, 2.45) is 0 Å². The maximum absolute atomic E-state index is 12.8. The van der Waals surface area contributed by atoms with Gasteiger partial charge in [0.15, 0.2) is 0 Å². The number of esters is 1. The highest BCUT2D eigenvalue weighted by Crippen LogP contribution is 2.33. The van der Waals surface area contributed by atoms with Crippen molar-refractivity contribution in [1.29, 1.82) is 0 Å². The van der Waals surface area contributed by atoms with Crippen LogP contribution in [0.1, 0.15) is 19.4 Å². The second-order valence-electron chi connectivity index (χ2n) is 5.50. The molecule has 0 saturated carbocycles. The van der Waals surface area contributed by atoms with Gasteiger partial charge >= 0.3 is 5.97 Å². The summed E-state index contributed by atoms with van der Waals surface area (Å²) in [6, 6.07) is 6.03. The van der Waals surface area contributed by atoms with Crippen LogP contribution in [0.25, 0.3) is 6.08 Å². The van der Waals surface area contributed by atoms with Crippen molar-refractivity contribution in [2.75, 3.05) is 26.9 Å². The van der Waals surface area contributed by atoms with Gasteiger partial charge in [-0.2, -0.15) is 0 Å². The van der Waals surface area contributed by atoms with E-state index in [0.717, 1.165) is 0 Å².